The van der Waals surface area contributed by atoms with Crippen LogP contribution in [0.15, 0.2) is 18.2 Å². The van der Waals surface area contributed by atoms with Crippen molar-refractivity contribution in [1.82, 2.24) is 4.90 Å². The Bertz CT molecular complexity index is 550. The fraction of sp³-hybridized carbons (Fsp3) is 0.467. The van der Waals surface area contributed by atoms with Crippen molar-refractivity contribution in [2.45, 2.75) is 19.4 Å². The second-order valence-electron chi connectivity index (χ2n) is 4.98. The van der Waals surface area contributed by atoms with Crippen molar-refractivity contribution < 1.29 is 4.39 Å². The number of nitriles is 2. The number of hydrogen-bond acceptors (Lipinski definition) is 4. The zero-order valence-electron chi connectivity index (χ0n) is 11.5. The highest BCUT2D eigenvalue weighted by molar-refractivity contribution is 5.60. The van der Waals surface area contributed by atoms with Gasteiger partial charge in [-0.05, 0) is 19.1 Å². The number of benzene rings is 1. The summed E-state index contributed by atoms with van der Waals surface area (Å²) in [5, 5.41) is 17.8. The summed E-state index contributed by atoms with van der Waals surface area (Å²) in [7, 11) is 0. The van der Waals surface area contributed by atoms with Gasteiger partial charge in [0.15, 0.2) is 0 Å². The van der Waals surface area contributed by atoms with Crippen LogP contribution in [0, 0.1) is 28.5 Å². The summed E-state index contributed by atoms with van der Waals surface area (Å²) in [5.74, 6) is -0.467. The lowest BCUT2D eigenvalue weighted by molar-refractivity contribution is 0.199. The van der Waals surface area contributed by atoms with Crippen LogP contribution >= 0.6 is 0 Å². The topological polar surface area (TPSA) is 54.1 Å². The van der Waals surface area contributed by atoms with E-state index in [1.165, 1.54) is 6.07 Å². The van der Waals surface area contributed by atoms with Gasteiger partial charge in [0, 0.05) is 32.2 Å². The molecule has 0 aliphatic carbocycles. The smallest absolute Gasteiger partial charge is 0.143 e. The highest BCUT2D eigenvalue weighted by Gasteiger charge is 2.23. The molecule has 0 unspecified atom stereocenters. The highest BCUT2D eigenvalue weighted by Crippen LogP contribution is 2.24. The standard InChI is InChI=1S/C15H17FN4/c1-12(5-6-17)19-7-9-20(10-8-19)15-4-2-3-14(16)13(15)11-18/h2-4,12H,5,7-10H2,1H3/t12-/m0/s1. The van der Waals surface area contributed by atoms with E-state index in [2.05, 4.69) is 11.0 Å². The molecule has 0 N–H and O–H groups in total. The zero-order valence-corrected chi connectivity index (χ0v) is 11.5. The van der Waals surface area contributed by atoms with Crippen LogP contribution in [0.1, 0.15) is 18.9 Å². The number of halogens is 1. The van der Waals surface area contributed by atoms with E-state index in [0.717, 1.165) is 26.2 Å². The van der Waals surface area contributed by atoms with Gasteiger partial charge in [0.05, 0.1) is 18.2 Å². The van der Waals surface area contributed by atoms with E-state index < -0.39 is 5.82 Å². The second kappa shape index (κ2) is 6.36. The van der Waals surface area contributed by atoms with Gasteiger partial charge in [0.25, 0.3) is 0 Å². The first-order valence-electron chi connectivity index (χ1n) is 6.72. The first-order valence-corrected chi connectivity index (χ1v) is 6.72. The van der Waals surface area contributed by atoms with Crippen LogP contribution < -0.4 is 4.90 Å². The maximum absolute atomic E-state index is 13.6. The van der Waals surface area contributed by atoms with Gasteiger partial charge in [0.2, 0.25) is 0 Å². The SMILES string of the molecule is C[C@@H](CC#N)N1CCN(c2cccc(F)c2C#N)CC1. The van der Waals surface area contributed by atoms with Crippen molar-refractivity contribution >= 4 is 5.69 Å². The molecular weight excluding hydrogens is 255 g/mol. The fourth-order valence-electron chi connectivity index (χ4n) is 2.55. The van der Waals surface area contributed by atoms with E-state index in [0.29, 0.717) is 12.1 Å². The number of anilines is 1. The van der Waals surface area contributed by atoms with Gasteiger partial charge in [-0.1, -0.05) is 6.07 Å². The summed E-state index contributed by atoms with van der Waals surface area (Å²) in [4.78, 5) is 4.29. The number of hydrogen-bond donors (Lipinski definition) is 0. The molecule has 0 amide bonds. The molecule has 0 saturated carbocycles. The van der Waals surface area contributed by atoms with E-state index in [9.17, 15) is 4.39 Å². The maximum Gasteiger partial charge on any atom is 0.143 e. The van der Waals surface area contributed by atoms with E-state index in [1.54, 1.807) is 12.1 Å². The van der Waals surface area contributed by atoms with Crippen LogP contribution in [0.4, 0.5) is 10.1 Å². The Kier molecular flexibility index (Phi) is 4.55. The minimum absolute atomic E-state index is 0.117. The molecule has 2 rings (SSSR count). The van der Waals surface area contributed by atoms with Gasteiger partial charge in [-0.25, -0.2) is 4.39 Å². The predicted octanol–water partition coefficient (Wildman–Crippen LogP) is 2.12. The first-order chi connectivity index (χ1) is 9.67. The fourth-order valence-corrected chi connectivity index (χ4v) is 2.55. The van der Waals surface area contributed by atoms with Crippen LogP contribution in [-0.4, -0.2) is 37.1 Å². The van der Waals surface area contributed by atoms with Crippen molar-refractivity contribution in [2.24, 2.45) is 0 Å². The summed E-state index contributed by atoms with van der Waals surface area (Å²) in [6.07, 6.45) is 0.517. The van der Waals surface area contributed by atoms with Gasteiger partial charge in [-0.15, -0.1) is 0 Å². The van der Waals surface area contributed by atoms with Crippen LogP contribution in [0.5, 0.6) is 0 Å². The molecule has 0 spiro atoms. The third-order valence-corrected chi connectivity index (χ3v) is 3.77. The monoisotopic (exact) mass is 272 g/mol. The van der Waals surface area contributed by atoms with Gasteiger partial charge >= 0.3 is 0 Å². The summed E-state index contributed by atoms with van der Waals surface area (Å²) in [6.45, 7) is 5.18. The zero-order chi connectivity index (χ0) is 14.5. The predicted molar refractivity (Wildman–Crippen MR) is 74.6 cm³/mol. The third-order valence-electron chi connectivity index (χ3n) is 3.77. The minimum Gasteiger partial charge on any atom is -0.368 e. The number of rotatable bonds is 3. The Morgan fingerprint density at radius 3 is 2.55 bits per heavy atom. The molecular formula is C15H17FN4. The molecule has 5 heteroatoms. The first kappa shape index (κ1) is 14.3. The molecule has 1 atom stereocenters. The molecule has 1 fully saturated rings. The van der Waals surface area contributed by atoms with Gasteiger partial charge in [-0.3, -0.25) is 4.90 Å². The Hall–Kier alpha value is -2.11. The summed E-state index contributed by atoms with van der Waals surface area (Å²) >= 11 is 0. The number of piperazine rings is 1. The van der Waals surface area contributed by atoms with Crippen molar-refractivity contribution in [2.75, 3.05) is 31.1 Å². The van der Waals surface area contributed by atoms with Crippen LogP contribution in [0.25, 0.3) is 0 Å². The molecule has 104 valence electrons. The summed E-state index contributed by atoms with van der Waals surface area (Å²) < 4.78 is 13.6. The average Bonchev–Trinajstić information content (AvgIpc) is 2.47. The van der Waals surface area contributed by atoms with E-state index >= 15 is 0 Å². The molecule has 1 aromatic rings. The molecule has 0 radical (unpaired) electrons. The maximum atomic E-state index is 13.6. The third kappa shape index (κ3) is 2.89. The largest absolute Gasteiger partial charge is 0.368 e. The molecule has 20 heavy (non-hydrogen) atoms. The van der Waals surface area contributed by atoms with Crippen molar-refractivity contribution in [3.05, 3.63) is 29.6 Å². The van der Waals surface area contributed by atoms with Gasteiger partial charge < -0.3 is 4.90 Å². The number of nitrogens with zero attached hydrogens (tertiary/aromatic N) is 4. The quantitative estimate of drug-likeness (QED) is 0.845. The van der Waals surface area contributed by atoms with Crippen molar-refractivity contribution in [3.8, 4) is 12.1 Å². The molecule has 0 bridgehead atoms. The van der Waals surface area contributed by atoms with Gasteiger partial charge in [0.1, 0.15) is 17.4 Å². The van der Waals surface area contributed by atoms with Crippen LogP contribution in [0.2, 0.25) is 0 Å². The lowest BCUT2D eigenvalue weighted by atomic mass is 10.1. The summed E-state index contributed by atoms with van der Waals surface area (Å²) in [5.41, 5.74) is 0.783. The van der Waals surface area contributed by atoms with Crippen molar-refractivity contribution in [3.63, 3.8) is 0 Å². The van der Waals surface area contributed by atoms with Crippen molar-refractivity contribution in [1.29, 1.82) is 10.5 Å². The molecule has 0 aromatic heterocycles. The molecule has 4 nitrogen and oxygen atoms in total. The molecule has 1 saturated heterocycles. The Morgan fingerprint density at radius 1 is 1.25 bits per heavy atom. The van der Waals surface area contributed by atoms with Gasteiger partial charge in [-0.2, -0.15) is 10.5 Å². The van der Waals surface area contributed by atoms with Crippen LogP contribution in [0.3, 0.4) is 0 Å². The van der Waals surface area contributed by atoms with E-state index in [-0.39, 0.29) is 11.6 Å². The molecule has 1 heterocycles. The molecule has 1 aliphatic rings. The normalized spacial score (nSPS) is 17.3. The second-order valence-corrected chi connectivity index (χ2v) is 4.98. The Morgan fingerprint density at radius 2 is 1.95 bits per heavy atom. The average molecular weight is 272 g/mol. The van der Waals surface area contributed by atoms with E-state index in [4.69, 9.17) is 10.5 Å². The molecule has 1 aromatic carbocycles. The Balaban J connectivity index is 2.07. The minimum atomic E-state index is -0.467. The molecule has 1 aliphatic heterocycles. The Labute approximate surface area is 118 Å². The van der Waals surface area contributed by atoms with E-state index in [1.807, 2.05) is 17.9 Å². The highest BCUT2D eigenvalue weighted by atomic mass is 19.1. The lowest BCUT2D eigenvalue weighted by Crippen LogP contribution is -2.49. The lowest BCUT2D eigenvalue weighted by Gasteiger charge is -2.38. The summed E-state index contributed by atoms with van der Waals surface area (Å²) in [6, 6.07) is 9.10. The van der Waals surface area contributed by atoms with Crippen LogP contribution in [-0.2, 0) is 0 Å².